The molecule has 5 heteroatoms. The molecule has 0 aliphatic heterocycles. The van der Waals surface area contributed by atoms with Gasteiger partial charge in [-0.2, -0.15) is 0 Å². The number of nitrogens with zero attached hydrogens (tertiary/aromatic N) is 2. The van der Waals surface area contributed by atoms with E-state index in [1.807, 2.05) is 32.2 Å². The van der Waals surface area contributed by atoms with E-state index in [0.29, 0.717) is 12.2 Å². The van der Waals surface area contributed by atoms with Crippen molar-refractivity contribution in [2.45, 2.75) is 27.2 Å². The molecular weight excluding hydrogens is 242 g/mol. The van der Waals surface area contributed by atoms with Crippen molar-refractivity contribution < 1.29 is 9.90 Å². The summed E-state index contributed by atoms with van der Waals surface area (Å²) in [5.74, 6) is -0.587. The van der Waals surface area contributed by atoms with Crippen LogP contribution in [0.4, 0.5) is 0 Å². The van der Waals surface area contributed by atoms with Crippen LogP contribution in [-0.2, 0) is 11.2 Å². The third kappa shape index (κ3) is 2.81. The molecule has 0 spiro atoms. The van der Waals surface area contributed by atoms with Crippen LogP contribution in [0.5, 0.6) is 0 Å². The van der Waals surface area contributed by atoms with Gasteiger partial charge in [0.05, 0.1) is 11.6 Å². The minimum Gasteiger partial charge on any atom is -0.481 e. The monoisotopic (exact) mass is 259 g/mol. The summed E-state index contributed by atoms with van der Waals surface area (Å²) in [6.07, 6.45) is 2.28. The molecule has 0 amide bonds. The highest BCUT2D eigenvalue weighted by Crippen LogP contribution is 2.19. The number of aryl methyl sites for hydroxylation is 2. The summed E-state index contributed by atoms with van der Waals surface area (Å²) in [7, 11) is 0. The smallest absolute Gasteiger partial charge is 0.306 e. The molecule has 2 heterocycles. The average Bonchev–Trinajstić information content (AvgIpc) is 2.86. The molecule has 2 N–H and O–H groups in total. The molecule has 0 aliphatic rings. The number of rotatable bonds is 4. The number of nitrogens with one attached hydrogen (secondary N) is 1. The molecule has 0 fully saturated rings. The first-order valence-corrected chi connectivity index (χ1v) is 6.19. The van der Waals surface area contributed by atoms with Gasteiger partial charge in [-0.3, -0.25) is 4.79 Å². The quantitative estimate of drug-likeness (QED) is 0.883. The van der Waals surface area contributed by atoms with E-state index in [1.165, 1.54) is 0 Å². The van der Waals surface area contributed by atoms with E-state index < -0.39 is 11.9 Å². The molecule has 0 saturated carbocycles. The summed E-state index contributed by atoms with van der Waals surface area (Å²) in [6, 6.07) is 3.80. The topological polar surface area (TPSA) is 78.9 Å². The van der Waals surface area contributed by atoms with Crippen LogP contribution in [-0.4, -0.2) is 26.0 Å². The van der Waals surface area contributed by atoms with E-state index >= 15 is 0 Å². The molecule has 2 rings (SSSR count). The lowest BCUT2D eigenvalue weighted by atomic mass is 9.99. The number of hydrogen-bond donors (Lipinski definition) is 2. The second-order valence-corrected chi connectivity index (χ2v) is 4.72. The Morgan fingerprint density at radius 2 is 2.00 bits per heavy atom. The molecule has 5 nitrogen and oxygen atoms in total. The standard InChI is InChI=1S/C14H17N3O2/c1-8(14(18)19)7-11-9(2)16-13(17-10(11)3)12-5-4-6-15-12/h4-6,8,15H,7H2,1-3H3,(H,18,19). The largest absolute Gasteiger partial charge is 0.481 e. The number of carboxylic acids is 1. The Bertz CT molecular complexity index is 568. The van der Waals surface area contributed by atoms with Crippen molar-refractivity contribution in [3.8, 4) is 11.5 Å². The van der Waals surface area contributed by atoms with Crippen molar-refractivity contribution in [1.29, 1.82) is 0 Å². The first-order chi connectivity index (χ1) is 8.99. The zero-order chi connectivity index (χ0) is 14.0. The first-order valence-electron chi connectivity index (χ1n) is 6.19. The van der Waals surface area contributed by atoms with Crippen LogP contribution in [0, 0.1) is 19.8 Å². The highest BCUT2D eigenvalue weighted by atomic mass is 16.4. The van der Waals surface area contributed by atoms with Gasteiger partial charge < -0.3 is 10.1 Å². The maximum atomic E-state index is 10.9. The highest BCUT2D eigenvalue weighted by Gasteiger charge is 2.17. The van der Waals surface area contributed by atoms with Crippen LogP contribution >= 0.6 is 0 Å². The Hall–Kier alpha value is -2.17. The Labute approximate surface area is 111 Å². The van der Waals surface area contributed by atoms with Gasteiger partial charge in [0, 0.05) is 17.6 Å². The molecule has 0 aromatic carbocycles. The minimum absolute atomic E-state index is 0.433. The van der Waals surface area contributed by atoms with Gasteiger partial charge in [0.2, 0.25) is 0 Å². The van der Waals surface area contributed by atoms with Crippen molar-refractivity contribution in [2.75, 3.05) is 0 Å². The summed E-state index contributed by atoms with van der Waals surface area (Å²) >= 11 is 0. The van der Waals surface area contributed by atoms with Gasteiger partial charge in [-0.05, 0) is 38.0 Å². The summed E-state index contributed by atoms with van der Waals surface area (Å²) in [5.41, 5.74) is 3.46. The van der Waals surface area contributed by atoms with Crippen molar-refractivity contribution >= 4 is 5.97 Å². The summed E-state index contributed by atoms with van der Waals surface area (Å²) in [4.78, 5) is 22.9. The SMILES string of the molecule is Cc1nc(-c2ccc[nH]2)nc(C)c1CC(C)C(=O)O. The number of carbonyl (C=O) groups is 1. The molecular formula is C14H17N3O2. The summed E-state index contributed by atoms with van der Waals surface area (Å²) < 4.78 is 0. The van der Waals surface area contributed by atoms with Gasteiger partial charge in [-0.25, -0.2) is 9.97 Å². The summed E-state index contributed by atoms with van der Waals surface area (Å²) in [5, 5.41) is 8.98. The lowest BCUT2D eigenvalue weighted by Gasteiger charge is -2.12. The molecule has 2 aromatic rings. The Kier molecular flexibility index (Phi) is 3.64. The zero-order valence-corrected chi connectivity index (χ0v) is 11.3. The number of aliphatic carboxylic acids is 1. The molecule has 1 unspecified atom stereocenters. The van der Waals surface area contributed by atoms with Crippen molar-refractivity contribution in [2.24, 2.45) is 5.92 Å². The molecule has 0 aliphatic carbocycles. The lowest BCUT2D eigenvalue weighted by Crippen LogP contribution is -2.15. The fraction of sp³-hybridized carbons (Fsp3) is 0.357. The zero-order valence-electron chi connectivity index (χ0n) is 11.3. The van der Waals surface area contributed by atoms with E-state index in [9.17, 15) is 4.79 Å². The molecule has 0 saturated heterocycles. The van der Waals surface area contributed by atoms with Gasteiger partial charge in [-0.1, -0.05) is 6.92 Å². The van der Waals surface area contributed by atoms with Crippen LogP contribution in [0.15, 0.2) is 18.3 Å². The van der Waals surface area contributed by atoms with E-state index in [0.717, 1.165) is 22.6 Å². The first kappa shape index (κ1) is 13.3. The van der Waals surface area contributed by atoms with Crippen LogP contribution in [0.1, 0.15) is 23.9 Å². The normalized spacial score (nSPS) is 12.4. The molecule has 19 heavy (non-hydrogen) atoms. The molecule has 1 atom stereocenters. The second-order valence-electron chi connectivity index (χ2n) is 4.72. The molecule has 0 radical (unpaired) electrons. The van der Waals surface area contributed by atoms with Crippen molar-refractivity contribution in [3.05, 3.63) is 35.3 Å². The lowest BCUT2D eigenvalue weighted by molar-refractivity contribution is -0.141. The minimum atomic E-state index is -0.799. The van der Waals surface area contributed by atoms with E-state index in [1.54, 1.807) is 6.92 Å². The summed E-state index contributed by atoms with van der Waals surface area (Å²) in [6.45, 7) is 5.48. The van der Waals surface area contributed by atoms with Gasteiger partial charge >= 0.3 is 5.97 Å². The molecule has 2 aromatic heterocycles. The predicted octanol–water partition coefficient (Wildman–Crippen LogP) is 2.35. The third-order valence-corrected chi connectivity index (χ3v) is 3.19. The van der Waals surface area contributed by atoms with Gasteiger partial charge in [0.15, 0.2) is 5.82 Å². The Morgan fingerprint density at radius 1 is 1.37 bits per heavy atom. The van der Waals surface area contributed by atoms with Crippen LogP contribution in [0.25, 0.3) is 11.5 Å². The van der Waals surface area contributed by atoms with Crippen LogP contribution < -0.4 is 0 Å². The number of aromatic nitrogens is 3. The highest BCUT2D eigenvalue weighted by molar-refractivity contribution is 5.70. The molecule has 0 bridgehead atoms. The van der Waals surface area contributed by atoms with Crippen LogP contribution in [0.2, 0.25) is 0 Å². The Morgan fingerprint density at radius 3 is 2.47 bits per heavy atom. The predicted molar refractivity (Wildman–Crippen MR) is 71.8 cm³/mol. The Balaban J connectivity index is 2.35. The van der Waals surface area contributed by atoms with E-state index in [-0.39, 0.29) is 0 Å². The second kappa shape index (κ2) is 5.22. The number of carboxylic acid groups (broad SMARTS) is 1. The van der Waals surface area contributed by atoms with E-state index in [4.69, 9.17) is 5.11 Å². The van der Waals surface area contributed by atoms with Crippen molar-refractivity contribution in [1.82, 2.24) is 15.0 Å². The fourth-order valence-corrected chi connectivity index (χ4v) is 2.02. The van der Waals surface area contributed by atoms with Crippen LogP contribution in [0.3, 0.4) is 0 Å². The maximum absolute atomic E-state index is 10.9. The van der Waals surface area contributed by atoms with Gasteiger partial charge in [-0.15, -0.1) is 0 Å². The fourth-order valence-electron chi connectivity index (χ4n) is 2.02. The number of H-pyrrole nitrogens is 1. The van der Waals surface area contributed by atoms with Gasteiger partial charge in [0.25, 0.3) is 0 Å². The maximum Gasteiger partial charge on any atom is 0.306 e. The number of aromatic amines is 1. The van der Waals surface area contributed by atoms with Gasteiger partial charge in [0.1, 0.15) is 0 Å². The molecule has 100 valence electrons. The number of hydrogen-bond acceptors (Lipinski definition) is 3. The average molecular weight is 259 g/mol. The third-order valence-electron chi connectivity index (χ3n) is 3.19. The van der Waals surface area contributed by atoms with E-state index in [2.05, 4.69) is 15.0 Å². The van der Waals surface area contributed by atoms with Crippen molar-refractivity contribution in [3.63, 3.8) is 0 Å².